The van der Waals surface area contributed by atoms with Crippen LogP contribution in [-0.2, 0) is 24.4 Å². The fourth-order valence-electron chi connectivity index (χ4n) is 4.69. The maximum Gasteiger partial charge on any atom is 0.228 e. The van der Waals surface area contributed by atoms with E-state index in [1.54, 1.807) is 0 Å². The summed E-state index contributed by atoms with van der Waals surface area (Å²) in [6, 6.07) is 29.0. The first-order valence-electron chi connectivity index (χ1n) is 13.2. The normalized spacial score (nSPS) is 12.0. The largest absolute Gasteiger partial charge is 0.343 e. The van der Waals surface area contributed by atoms with Gasteiger partial charge in [-0.15, -0.1) is 0 Å². The highest BCUT2D eigenvalue weighted by atomic mass is 16.1. The lowest BCUT2D eigenvalue weighted by molar-refractivity contribution is -0.122. The molecule has 6 heteroatoms. The standard InChI is InChI=1S/C32H37N5O/c1-24(2)18-31(32(38)36-23-33)28-9-7-8-27(19-28)26-14-12-25(13-15-26)20-37(21-29-10-3-5-16-34-29)22-30-11-4-6-17-35-30/h3-17,19,24,31H,18,20-23,33H2,1-2H3,(H,36,38)/t31-/m1/s1. The Morgan fingerprint density at radius 3 is 2.03 bits per heavy atom. The van der Waals surface area contributed by atoms with Crippen LogP contribution >= 0.6 is 0 Å². The zero-order valence-electron chi connectivity index (χ0n) is 22.3. The van der Waals surface area contributed by atoms with Gasteiger partial charge in [0, 0.05) is 32.0 Å². The number of carbonyl (C=O) groups is 1. The Balaban J connectivity index is 1.52. The van der Waals surface area contributed by atoms with Crippen LogP contribution in [-0.4, -0.2) is 27.4 Å². The molecule has 0 fully saturated rings. The summed E-state index contributed by atoms with van der Waals surface area (Å²) >= 11 is 0. The van der Waals surface area contributed by atoms with Crippen LogP contribution in [0, 0.1) is 5.92 Å². The van der Waals surface area contributed by atoms with Gasteiger partial charge in [0.2, 0.25) is 5.91 Å². The summed E-state index contributed by atoms with van der Waals surface area (Å²) in [6.45, 7) is 6.68. The van der Waals surface area contributed by atoms with E-state index in [-0.39, 0.29) is 18.5 Å². The number of pyridine rings is 2. The van der Waals surface area contributed by atoms with Gasteiger partial charge in [-0.3, -0.25) is 19.7 Å². The molecule has 0 aliphatic carbocycles. The Morgan fingerprint density at radius 1 is 0.816 bits per heavy atom. The highest BCUT2D eigenvalue weighted by Gasteiger charge is 2.21. The molecule has 2 heterocycles. The van der Waals surface area contributed by atoms with E-state index < -0.39 is 0 Å². The Labute approximate surface area is 226 Å². The summed E-state index contributed by atoms with van der Waals surface area (Å²) in [6.07, 6.45) is 4.45. The minimum Gasteiger partial charge on any atom is -0.343 e. The molecule has 0 bridgehead atoms. The van der Waals surface area contributed by atoms with Crippen molar-refractivity contribution in [2.45, 2.75) is 45.8 Å². The van der Waals surface area contributed by atoms with Gasteiger partial charge in [-0.25, -0.2) is 0 Å². The molecule has 0 aliphatic rings. The summed E-state index contributed by atoms with van der Waals surface area (Å²) < 4.78 is 0. The van der Waals surface area contributed by atoms with Gasteiger partial charge in [-0.05, 0) is 58.9 Å². The molecule has 0 unspecified atom stereocenters. The lowest BCUT2D eigenvalue weighted by atomic mass is 9.88. The number of aromatic nitrogens is 2. The molecule has 0 radical (unpaired) electrons. The van der Waals surface area contributed by atoms with E-state index >= 15 is 0 Å². The quantitative estimate of drug-likeness (QED) is 0.247. The first-order valence-corrected chi connectivity index (χ1v) is 13.2. The zero-order valence-corrected chi connectivity index (χ0v) is 22.3. The number of amides is 1. The summed E-state index contributed by atoms with van der Waals surface area (Å²) in [5.74, 6) is 0.158. The number of nitrogens with two attached hydrogens (primary N) is 1. The molecule has 4 rings (SSSR count). The van der Waals surface area contributed by atoms with Gasteiger partial charge in [0.25, 0.3) is 0 Å². The summed E-state index contributed by atoms with van der Waals surface area (Å²) in [5, 5.41) is 2.79. The van der Waals surface area contributed by atoms with E-state index in [9.17, 15) is 4.79 Å². The van der Waals surface area contributed by atoms with Crippen LogP contribution in [0.15, 0.2) is 97.3 Å². The van der Waals surface area contributed by atoms with Crippen molar-refractivity contribution >= 4 is 5.91 Å². The Hall–Kier alpha value is -3.87. The van der Waals surface area contributed by atoms with Crippen molar-refractivity contribution in [3.8, 4) is 11.1 Å². The third-order valence-electron chi connectivity index (χ3n) is 6.51. The van der Waals surface area contributed by atoms with E-state index in [1.165, 1.54) is 5.56 Å². The molecule has 0 spiro atoms. The third kappa shape index (κ3) is 7.81. The van der Waals surface area contributed by atoms with Crippen molar-refractivity contribution in [2.75, 3.05) is 6.67 Å². The third-order valence-corrected chi connectivity index (χ3v) is 6.51. The number of hydrogen-bond acceptors (Lipinski definition) is 5. The van der Waals surface area contributed by atoms with Gasteiger partial charge >= 0.3 is 0 Å². The van der Waals surface area contributed by atoms with Gasteiger partial charge in [-0.1, -0.05) is 74.5 Å². The zero-order chi connectivity index (χ0) is 26.7. The number of hydrogen-bond donors (Lipinski definition) is 2. The lowest BCUT2D eigenvalue weighted by Gasteiger charge is -2.22. The predicted octanol–water partition coefficient (Wildman–Crippen LogP) is 5.51. The summed E-state index contributed by atoms with van der Waals surface area (Å²) in [5.41, 5.74) is 12.1. The highest BCUT2D eigenvalue weighted by molar-refractivity contribution is 5.84. The Kier molecular flexibility index (Phi) is 9.73. The number of nitrogens with zero attached hydrogens (tertiary/aromatic N) is 3. The average molecular weight is 508 g/mol. The fourth-order valence-corrected chi connectivity index (χ4v) is 4.69. The maximum atomic E-state index is 12.7. The summed E-state index contributed by atoms with van der Waals surface area (Å²) in [7, 11) is 0. The molecule has 1 atom stereocenters. The minimum absolute atomic E-state index is 0.0189. The van der Waals surface area contributed by atoms with Crippen LogP contribution < -0.4 is 11.1 Å². The van der Waals surface area contributed by atoms with Gasteiger partial charge in [0.15, 0.2) is 0 Å². The van der Waals surface area contributed by atoms with Gasteiger partial charge in [-0.2, -0.15) is 0 Å². The molecule has 6 nitrogen and oxygen atoms in total. The molecule has 196 valence electrons. The smallest absolute Gasteiger partial charge is 0.228 e. The van der Waals surface area contributed by atoms with Crippen molar-refractivity contribution in [1.82, 2.24) is 20.2 Å². The van der Waals surface area contributed by atoms with E-state index in [4.69, 9.17) is 5.73 Å². The molecule has 2 aromatic carbocycles. The average Bonchev–Trinajstić information content (AvgIpc) is 2.93. The Bertz CT molecular complexity index is 1230. The van der Waals surface area contributed by atoms with Crippen LogP contribution in [0.3, 0.4) is 0 Å². The van der Waals surface area contributed by atoms with E-state index in [2.05, 4.69) is 82.6 Å². The van der Waals surface area contributed by atoms with Gasteiger partial charge in [0.05, 0.1) is 24.0 Å². The van der Waals surface area contributed by atoms with E-state index in [0.717, 1.165) is 54.1 Å². The molecule has 38 heavy (non-hydrogen) atoms. The minimum atomic E-state index is -0.218. The maximum absolute atomic E-state index is 12.7. The molecule has 0 saturated heterocycles. The van der Waals surface area contributed by atoms with E-state index in [0.29, 0.717) is 5.92 Å². The van der Waals surface area contributed by atoms with Crippen LogP contribution in [0.5, 0.6) is 0 Å². The van der Waals surface area contributed by atoms with Crippen LogP contribution in [0.25, 0.3) is 11.1 Å². The van der Waals surface area contributed by atoms with Crippen LogP contribution in [0.1, 0.15) is 48.7 Å². The molecular formula is C32H37N5O. The molecule has 1 amide bonds. The molecule has 4 aromatic rings. The first kappa shape index (κ1) is 27.2. The number of nitrogens with one attached hydrogen (secondary N) is 1. The number of benzene rings is 2. The van der Waals surface area contributed by atoms with E-state index in [1.807, 2.05) is 48.8 Å². The van der Waals surface area contributed by atoms with Crippen molar-refractivity contribution in [2.24, 2.45) is 11.7 Å². The fraction of sp³-hybridized carbons (Fsp3) is 0.281. The molecular weight excluding hydrogens is 470 g/mol. The summed E-state index contributed by atoms with van der Waals surface area (Å²) in [4.78, 5) is 24.1. The number of rotatable bonds is 12. The molecule has 0 saturated carbocycles. The lowest BCUT2D eigenvalue weighted by Crippen LogP contribution is -2.34. The highest BCUT2D eigenvalue weighted by Crippen LogP contribution is 2.29. The molecule has 2 aromatic heterocycles. The first-order chi connectivity index (χ1) is 18.5. The topological polar surface area (TPSA) is 84.1 Å². The monoisotopic (exact) mass is 507 g/mol. The number of carbonyl (C=O) groups excluding carboxylic acids is 1. The second-order valence-corrected chi connectivity index (χ2v) is 10.0. The van der Waals surface area contributed by atoms with Crippen molar-refractivity contribution in [3.05, 3.63) is 120 Å². The predicted molar refractivity (Wildman–Crippen MR) is 153 cm³/mol. The molecule has 0 aliphatic heterocycles. The van der Waals surface area contributed by atoms with Crippen LogP contribution in [0.4, 0.5) is 0 Å². The van der Waals surface area contributed by atoms with Crippen LogP contribution in [0.2, 0.25) is 0 Å². The second kappa shape index (κ2) is 13.6. The van der Waals surface area contributed by atoms with Crippen molar-refractivity contribution < 1.29 is 4.79 Å². The van der Waals surface area contributed by atoms with Gasteiger partial charge in [0.1, 0.15) is 0 Å². The second-order valence-electron chi connectivity index (χ2n) is 10.0. The molecule has 3 N–H and O–H groups in total. The SMILES string of the molecule is CC(C)C[C@@H](C(=O)NCN)c1cccc(-c2ccc(CN(Cc3ccccn3)Cc3ccccn3)cc2)c1. The van der Waals surface area contributed by atoms with Crippen molar-refractivity contribution in [1.29, 1.82) is 0 Å². The van der Waals surface area contributed by atoms with Gasteiger partial charge < -0.3 is 11.1 Å². The van der Waals surface area contributed by atoms with Crippen molar-refractivity contribution in [3.63, 3.8) is 0 Å². The Morgan fingerprint density at radius 2 is 1.47 bits per heavy atom.